The molecule has 0 spiro atoms. The van der Waals surface area contributed by atoms with Crippen LogP contribution < -0.4 is 16.0 Å². The molecule has 4 aromatic rings. The minimum Gasteiger partial charge on any atom is -0.444 e. The van der Waals surface area contributed by atoms with E-state index in [0.717, 1.165) is 5.39 Å². The molecular weight excluding hydrogens is 642 g/mol. The van der Waals surface area contributed by atoms with Crippen molar-refractivity contribution in [3.05, 3.63) is 72.1 Å². The average Bonchev–Trinajstić information content (AvgIpc) is 3.53. The highest BCUT2D eigenvalue weighted by Crippen LogP contribution is 2.26. The van der Waals surface area contributed by atoms with Crippen molar-refractivity contribution in [2.75, 3.05) is 0 Å². The lowest BCUT2D eigenvalue weighted by atomic mass is 10.0. The average molecular weight is 690 g/mol. The third-order valence-corrected chi connectivity index (χ3v) is 7.21. The van der Waals surface area contributed by atoms with Crippen LogP contribution in [0.4, 0.5) is 14.4 Å². The molecule has 0 radical (unpaired) electrons. The number of ether oxygens (including phenoxy) is 3. The molecule has 3 N–H and O–H groups in total. The van der Waals surface area contributed by atoms with E-state index in [2.05, 4.69) is 16.0 Å². The molecule has 50 heavy (non-hydrogen) atoms. The second-order valence-electron chi connectivity index (χ2n) is 15.0. The Labute approximate surface area is 291 Å². The van der Waals surface area contributed by atoms with E-state index in [-0.39, 0.29) is 12.8 Å². The van der Waals surface area contributed by atoms with Gasteiger partial charge >= 0.3 is 18.3 Å². The lowest BCUT2D eigenvalue weighted by molar-refractivity contribution is -0.124. The first kappa shape index (κ1) is 37.5. The van der Waals surface area contributed by atoms with Gasteiger partial charge in [0, 0.05) is 36.0 Å². The van der Waals surface area contributed by atoms with Gasteiger partial charge in [0.25, 0.3) is 0 Å². The summed E-state index contributed by atoms with van der Waals surface area (Å²) in [6.45, 7) is 15.7. The molecule has 2 heterocycles. The van der Waals surface area contributed by atoms with Crippen LogP contribution in [0.5, 0.6) is 0 Å². The van der Waals surface area contributed by atoms with E-state index in [4.69, 9.17) is 14.2 Å². The summed E-state index contributed by atoms with van der Waals surface area (Å²) in [5.41, 5.74) is 0.0818. The number of nitrogens with zero attached hydrogens (tertiary/aromatic N) is 2. The number of amides is 3. The highest BCUT2D eigenvalue weighted by Gasteiger charge is 2.30. The largest absolute Gasteiger partial charge is 0.444 e. The predicted octanol–water partition coefficient (Wildman–Crippen LogP) is 6.03. The maximum absolute atomic E-state index is 14.0. The van der Waals surface area contributed by atoms with E-state index in [9.17, 15) is 24.0 Å². The number of alkyl carbamates (subject to hydrolysis) is 1. The summed E-state index contributed by atoms with van der Waals surface area (Å²) in [5, 5.41) is 9.54. The van der Waals surface area contributed by atoms with Crippen molar-refractivity contribution in [2.45, 2.75) is 104 Å². The smallest absolute Gasteiger partial charge is 0.419 e. The maximum atomic E-state index is 14.0. The molecule has 0 unspecified atom stereocenters. The van der Waals surface area contributed by atoms with Gasteiger partial charge in [-0.05, 0) is 85.6 Å². The topological polar surface area (TPSA) is 159 Å². The fourth-order valence-electron chi connectivity index (χ4n) is 5.35. The highest BCUT2D eigenvalue weighted by atomic mass is 16.6. The first-order chi connectivity index (χ1) is 23.2. The molecule has 0 aliphatic carbocycles. The summed E-state index contributed by atoms with van der Waals surface area (Å²) in [4.78, 5) is 65.0. The molecule has 13 nitrogen and oxygen atoms in total. The maximum Gasteiger partial charge on any atom is 0.419 e. The van der Waals surface area contributed by atoms with Gasteiger partial charge in [0.1, 0.15) is 29.0 Å². The van der Waals surface area contributed by atoms with Crippen molar-refractivity contribution in [1.29, 1.82) is 0 Å². The zero-order valence-corrected chi connectivity index (χ0v) is 30.1. The Morgan fingerprint density at radius 2 is 1.10 bits per heavy atom. The molecule has 0 aliphatic rings. The summed E-state index contributed by atoms with van der Waals surface area (Å²) in [6.07, 6.45) is 0.790. The van der Waals surface area contributed by atoms with E-state index in [1.807, 2.05) is 18.2 Å². The summed E-state index contributed by atoms with van der Waals surface area (Å²) < 4.78 is 19.4. The minimum atomic E-state index is -1.19. The Bertz CT molecular complexity index is 1890. The number of nitrogens with one attached hydrogen (secondary N) is 3. The molecular formula is C37H47N5O8. The Hall–Kier alpha value is -5.33. The molecule has 13 heteroatoms. The molecule has 0 bridgehead atoms. The minimum absolute atomic E-state index is 0.0346. The number of para-hydroxylation sites is 2. The van der Waals surface area contributed by atoms with Crippen LogP contribution in [0.2, 0.25) is 0 Å². The lowest BCUT2D eigenvalue weighted by Gasteiger charge is -2.25. The van der Waals surface area contributed by atoms with Gasteiger partial charge in [-0.3, -0.25) is 18.7 Å². The monoisotopic (exact) mass is 689 g/mol. The summed E-state index contributed by atoms with van der Waals surface area (Å²) in [7, 11) is 0. The molecule has 4 rings (SSSR count). The fourth-order valence-corrected chi connectivity index (χ4v) is 5.35. The second kappa shape index (κ2) is 14.7. The van der Waals surface area contributed by atoms with Crippen LogP contribution >= 0.6 is 0 Å². The number of fused-ring (bicyclic) bond motifs is 2. The zero-order chi connectivity index (χ0) is 37.0. The number of rotatable bonds is 9. The van der Waals surface area contributed by atoms with Crippen molar-refractivity contribution in [3.8, 4) is 0 Å². The lowest BCUT2D eigenvalue weighted by Crippen LogP contribution is -2.55. The SMILES string of the molecule is CC(C)(C)OC(=O)N[C@H](Cc1cn(C(=O)OC(C)(C)C)c2ccccc12)C(=O)N[C@@H](Cc1cn(C(=O)OC(C)(C)C)c2ccccc12)NC=O. The molecule has 0 aliphatic heterocycles. The third kappa shape index (κ3) is 9.86. The van der Waals surface area contributed by atoms with Crippen LogP contribution in [0, 0.1) is 0 Å². The van der Waals surface area contributed by atoms with Gasteiger partial charge in [0.2, 0.25) is 12.3 Å². The van der Waals surface area contributed by atoms with Crippen LogP contribution in [-0.4, -0.2) is 68.7 Å². The van der Waals surface area contributed by atoms with Crippen LogP contribution in [0.3, 0.4) is 0 Å². The molecule has 3 amide bonds. The number of hydrogen-bond acceptors (Lipinski definition) is 8. The second-order valence-corrected chi connectivity index (χ2v) is 15.0. The van der Waals surface area contributed by atoms with E-state index < -0.39 is 53.2 Å². The van der Waals surface area contributed by atoms with Gasteiger partial charge in [0.05, 0.1) is 11.0 Å². The highest BCUT2D eigenvalue weighted by molar-refractivity contribution is 5.94. The van der Waals surface area contributed by atoms with Gasteiger partial charge in [-0.15, -0.1) is 0 Å². The van der Waals surface area contributed by atoms with Gasteiger partial charge in [-0.25, -0.2) is 14.4 Å². The van der Waals surface area contributed by atoms with Crippen LogP contribution in [0.1, 0.15) is 73.4 Å². The van der Waals surface area contributed by atoms with Crippen molar-refractivity contribution >= 4 is 52.4 Å². The van der Waals surface area contributed by atoms with Crippen LogP contribution in [0.15, 0.2) is 60.9 Å². The standard InChI is InChI=1S/C37H47N5O8/c1-35(2,3)48-32(45)39-27(18-23-20-41(33(46)49-36(4,5)6)28-16-12-10-14-25(23)28)31(44)40-30(38-22-43)19-24-21-42(34(47)50-37(7,8)9)29-17-13-11-15-26(24)29/h10-17,20-22,27,30H,18-19H2,1-9H3,(H,38,43)(H,39,45)(H,40,44)/t27-,30+/m1/s1. The Morgan fingerprint density at radius 1 is 0.660 bits per heavy atom. The summed E-state index contributed by atoms with van der Waals surface area (Å²) >= 11 is 0. The number of hydrogen-bond donors (Lipinski definition) is 3. The number of carbonyl (C=O) groups excluding carboxylic acids is 5. The van der Waals surface area contributed by atoms with Crippen LogP contribution in [0.25, 0.3) is 21.8 Å². The molecule has 0 saturated heterocycles. The van der Waals surface area contributed by atoms with Crippen LogP contribution in [-0.2, 0) is 36.6 Å². The molecule has 2 aromatic carbocycles. The molecule has 0 fully saturated rings. The van der Waals surface area contributed by atoms with Gasteiger partial charge in [-0.1, -0.05) is 36.4 Å². The van der Waals surface area contributed by atoms with Crippen molar-refractivity contribution < 1.29 is 38.2 Å². The molecule has 268 valence electrons. The van der Waals surface area contributed by atoms with Crippen molar-refractivity contribution in [2.24, 2.45) is 0 Å². The molecule has 2 atom stereocenters. The third-order valence-electron chi connectivity index (χ3n) is 7.21. The number of aromatic nitrogens is 2. The van der Waals surface area contributed by atoms with E-state index in [1.165, 1.54) is 9.13 Å². The van der Waals surface area contributed by atoms with Gasteiger partial charge in [0.15, 0.2) is 0 Å². The van der Waals surface area contributed by atoms with E-state index in [1.54, 1.807) is 105 Å². The first-order valence-electron chi connectivity index (χ1n) is 16.4. The van der Waals surface area contributed by atoms with Gasteiger partial charge in [-0.2, -0.15) is 0 Å². The molecule has 2 aromatic heterocycles. The Balaban J connectivity index is 1.66. The zero-order valence-electron chi connectivity index (χ0n) is 30.1. The predicted molar refractivity (Wildman–Crippen MR) is 189 cm³/mol. The number of benzene rings is 2. The Kier molecular flexibility index (Phi) is 11.0. The van der Waals surface area contributed by atoms with Gasteiger partial charge < -0.3 is 30.2 Å². The van der Waals surface area contributed by atoms with E-state index >= 15 is 0 Å². The Morgan fingerprint density at radius 3 is 1.54 bits per heavy atom. The summed E-state index contributed by atoms with van der Waals surface area (Å²) in [6, 6.07) is 13.2. The van der Waals surface area contributed by atoms with Crippen molar-refractivity contribution in [1.82, 2.24) is 25.1 Å². The first-order valence-corrected chi connectivity index (χ1v) is 16.4. The van der Waals surface area contributed by atoms with E-state index in [0.29, 0.717) is 34.0 Å². The fraction of sp³-hybridized carbons (Fsp3) is 0.432. The quantitative estimate of drug-likeness (QED) is 0.109. The van der Waals surface area contributed by atoms with Crippen molar-refractivity contribution in [3.63, 3.8) is 0 Å². The normalized spacial score (nSPS) is 13.3. The number of carbonyl (C=O) groups is 5. The molecule has 0 saturated carbocycles. The summed E-state index contributed by atoms with van der Waals surface area (Å²) in [5.74, 6) is -0.625.